The SMILES string of the molecule is Cc1ccc(S(=O)(=O)N2CCC(NC(=O)c3cccnc3OCC(F)(F)F)CC2)cc1. The van der Waals surface area contributed by atoms with Crippen LogP contribution in [0.5, 0.6) is 5.88 Å². The zero-order valence-electron chi connectivity index (χ0n) is 16.7. The fourth-order valence-electron chi connectivity index (χ4n) is 3.19. The average Bonchev–Trinajstić information content (AvgIpc) is 2.72. The largest absolute Gasteiger partial charge is 0.467 e. The van der Waals surface area contributed by atoms with Gasteiger partial charge >= 0.3 is 6.18 Å². The van der Waals surface area contributed by atoms with E-state index >= 15 is 0 Å². The van der Waals surface area contributed by atoms with Gasteiger partial charge in [-0.05, 0) is 44.0 Å². The number of carbonyl (C=O) groups excluding carboxylic acids is 1. The number of hydrogen-bond acceptors (Lipinski definition) is 5. The fourth-order valence-corrected chi connectivity index (χ4v) is 4.66. The maximum atomic E-state index is 12.8. The van der Waals surface area contributed by atoms with Crippen molar-refractivity contribution in [3.05, 3.63) is 53.7 Å². The molecule has 2 heterocycles. The van der Waals surface area contributed by atoms with Gasteiger partial charge in [0.1, 0.15) is 5.56 Å². The first kappa shape index (κ1) is 23.0. The zero-order valence-corrected chi connectivity index (χ0v) is 17.5. The number of hydrogen-bond donors (Lipinski definition) is 1. The molecule has 0 bridgehead atoms. The highest BCUT2D eigenvalue weighted by molar-refractivity contribution is 7.89. The van der Waals surface area contributed by atoms with Crippen molar-refractivity contribution in [3.63, 3.8) is 0 Å². The van der Waals surface area contributed by atoms with Gasteiger partial charge in [-0.2, -0.15) is 17.5 Å². The quantitative estimate of drug-likeness (QED) is 0.721. The lowest BCUT2D eigenvalue weighted by Gasteiger charge is -2.31. The number of piperidine rings is 1. The van der Waals surface area contributed by atoms with Crippen molar-refractivity contribution in [3.8, 4) is 5.88 Å². The molecule has 7 nitrogen and oxygen atoms in total. The highest BCUT2D eigenvalue weighted by Crippen LogP contribution is 2.23. The van der Waals surface area contributed by atoms with Crippen LogP contribution in [0.4, 0.5) is 13.2 Å². The van der Waals surface area contributed by atoms with Crippen LogP contribution in [0, 0.1) is 6.92 Å². The molecule has 0 radical (unpaired) electrons. The molecule has 1 aliphatic heterocycles. The number of alkyl halides is 3. The molecule has 1 aromatic heterocycles. The van der Waals surface area contributed by atoms with Crippen LogP contribution in [0.15, 0.2) is 47.5 Å². The first-order chi connectivity index (χ1) is 14.6. The van der Waals surface area contributed by atoms with Crippen LogP contribution >= 0.6 is 0 Å². The van der Waals surface area contributed by atoms with Crippen LogP contribution < -0.4 is 10.1 Å². The van der Waals surface area contributed by atoms with Gasteiger partial charge in [0.05, 0.1) is 4.90 Å². The van der Waals surface area contributed by atoms with E-state index in [1.54, 1.807) is 24.3 Å². The van der Waals surface area contributed by atoms with E-state index in [-0.39, 0.29) is 29.6 Å². The van der Waals surface area contributed by atoms with Gasteiger partial charge in [-0.15, -0.1) is 0 Å². The Morgan fingerprint density at radius 3 is 2.45 bits per heavy atom. The maximum Gasteiger partial charge on any atom is 0.422 e. The standard InChI is InChI=1S/C20H22F3N3O4S/c1-14-4-6-16(7-5-14)31(28,29)26-11-8-15(9-12-26)25-18(27)17-3-2-10-24-19(17)30-13-20(21,22)23/h2-7,10,15H,8-9,11-13H2,1H3,(H,25,27). The lowest BCUT2D eigenvalue weighted by molar-refractivity contribution is -0.154. The number of aromatic nitrogens is 1. The van der Waals surface area contributed by atoms with Crippen molar-refractivity contribution in [1.29, 1.82) is 0 Å². The predicted octanol–water partition coefficient (Wildman–Crippen LogP) is 2.91. The highest BCUT2D eigenvalue weighted by atomic mass is 32.2. The minimum Gasteiger partial charge on any atom is -0.467 e. The van der Waals surface area contributed by atoms with E-state index in [1.807, 2.05) is 6.92 Å². The lowest BCUT2D eigenvalue weighted by Crippen LogP contribution is -2.46. The molecule has 1 aromatic carbocycles. The molecule has 3 rings (SSSR count). The molecular weight excluding hydrogens is 435 g/mol. The zero-order chi connectivity index (χ0) is 22.6. The summed E-state index contributed by atoms with van der Waals surface area (Å²) in [5.74, 6) is -1.03. The summed E-state index contributed by atoms with van der Waals surface area (Å²) in [7, 11) is -3.63. The number of nitrogens with zero attached hydrogens (tertiary/aromatic N) is 2. The minimum absolute atomic E-state index is 0.110. The Morgan fingerprint density at radius 1 is 1.19 bits per heavy atom. The molecule has 0 unspecified atom stereocenters. The second-order valence-corrected chi connectivity index (χ2v) is 9.16. The second kappa shape index (κ2) is 9.23. The number of aryl methyl sites for hydroxylation is 1. The molecular formula is C20H22F3N3O4S. The molecule has 1 amide bonds. The van der Waals surface area contributed by atoms with E-state index in [4.69, 9.17) is 0 Å². The highest BCUT2D eigenvalue weighted by Gasteiger charge is 2.32. The molecule has 0 aliphatic carbocycles. The Labute approximate surface area is 178 Å². The summed E-state index contributed by atoms with van der Waals surface area (Å²) in [4.78, 5) is 16.5. The van der Waals surface area contributed by atoms with Crippen LogP contribution in [0.2, 0.25) is 0 Å². The molecule has 1 saturated heterocycles. The van der Waals surface area contributed by atoms with Gasteiger partial charge in [0, 0.05) is 25.3 Å². The van der Waals surface area contributed by atoms with E-state index in [0.717, 1.165) is 5.56 Å². The maximum absolute atomic E-state index is 12.8. The summed E-state index contributed by atoms with van der Waals surface area (Å²) >= 11 is 0. The Balaban J connectivity index is 1.60. The van der Waals surface area contributed by atoms with Gasteiger partial charge in [-0.25, -0.2) is 13.4 Å². The van der Waals surface area contributed by atoms with Crippen molar-refractivity contribution >= 4 is 15.9 Å². The van der Waals surface area contributed by atoms with Gasteiger partial charge < -0.3 is 10.1 Å². The van der Waals surface area contributed by atoms with Crippen molar-refractivity contribution in [2.45, 2.75) is 36.9 Å². The van der Waals surface area contributed by atoms with Gasteiger partial charge in [-0.3, -0.25) is 4.79 Å². The number of pyridine rings is 1. The van der Waals surface area contributed by atoms with Crippen LogP contribution in [-0.4, -0.2) is 55.5 Å². The number of benzene rings is 1. The van der Waals surface area contributed by atoms with E-state index < -0.39 is 34.6 Å². The smallest absolute Gasteiger partial charge is 0.422 e. The van der Waals surface area contributed by atoms with Gasteiger partial charge in [0.2, 0.25) is 15.9 Å². The average molecular weight is 457 g/mol. The topological polar surface area (TPSA) is 88.6 Å². The normalized spacial score (nSPS) is 16.1. The minimum atomic E-state index is -4.55. The summed E-state index contributed by atoms with van der Waals surface area (Å²) in [6.07, 6.45) is -2.58. The number of halogens is 3. The van der Waals surface area contributed by atoms with Crippen LogP contribution in [0.25, 0.3) is 0 Å². The molecule has 2 aromatic rings. The number of rotatable bonds is 6. The Morgan fingerprint density at radius 2 is 1.84 bits per heavy atom. The van der Waals surface area contributed by atoms with Crippen molar-refractivity contribution < 1.29 is 31.1 Å². The third kappa shape index (κ3) is 5.95. The molecule has 31 heavy (non-hydrogen) atoms. The number of amides is 1. The molecule has 0 spiro atoms. The summed E-state index contributed by atoms with van der Waals surface area (Å²) < 4.78 is 68.8. The summed E-state index contributed by atoms with van der Waals surface area (Å²) in [6, 6.07) is 9.00. The first-order valence-electron chi connectivity index (χ1n) is 9.58. The number of nitrogens with one attached hydrogen (secondary N) is 1. The molecule has 1 aliphatic rings. The number of carbonyl (C=O) groups is 1. The molecule has 0 saturated carbocycles. The Kier molecular flexibility index (Phi) is 6.85. The second-order valence-electron chi connectivity index (χ2n) is 7.22. The first-order valence-corrected chi connectivity index (χ1v) is 11.0. The van der Waals surface area contributed by atoms with Crippen LogP contribution in [-0.2, 0) is 10.0 Å². The van der Waals surface area contributed by atoms with Gasteiger partial charge in [0.15, 0.2) is 6.61 Å². The Bertz CT molecular complexity index is 1020. The lowest BCUT2D eigenvalue weighted by atomic mass is 10.1. The number of sulfonamides is 1. The van der Waals surface area contributed by atoms with Gasteiger partial charge in [0.25, 0.3) is 5.91 Å². The fraction of sp³-hybridized carbons (Fsp3) is 0.400. The molecule has 11 heteroatoms. The molecule has 1 N–H and O–H groups in total. The van der Waals surface area contributed by atoms with Crippen molar-refractivity contribution in [2.75, 3.05) is 19.7 Å². The van der Waals surface area contributed by atoms with Crippen molar-refractivity contribution in [1.82, 2.24) is 14.6 Å². The molecule has 0 atom stereocenters. The van der Waals surface area contributed by atoms with Crippen LogP contribution in [0.1, 0.15) is 28.8 Å². The number of ether oxygens (including phenoxy) is 1. The third-order valence-electron chi connectivity index (χ3n) is 4.84. The van der Waals surface area contributed by atoms with E-state index in [0.29, 0.717) is 12.8 Å². The molecule has 1 fully saturated rings. The Hall–Kier alpha value is -2.66. The van der Waals surface area contributed by atoms with Gasteiger partial charge in [-0.1, -0.05) is 17.7 Å². The summed E-state index contributed by atoms with van der Waals surface area (Å²) in [5, 5.41) is 2.73. The van der Waals surface area contributed by atoms with E-state index in [1.165, 1.54) is 22.6 Å². The third-order valence-corrected chi connectivity index (χ3v) is 6.75. The summed E-state index contributed by atoms with van der Waals surface area (Å²) in [5.41, 5.74) is 0.843. The predicted molar refractivity (Wildman–Crippen MR) is 106 cm³/mol. The monoisotopic (exact) mass is 457 g/mol. The van der Waals surface area contributed by atoms with E-state index in [9.17, 15) is 26.4 Å². The molecule has 168 valence electrons. The van der Waals surface area contributed by atoms with E-state index in [2.05, 4.69) is 15.0 Å². The van der Waals surface area contributed by atoms with Crippen molar-refractivity contribution in [2.24, 2.45) is 0 Å². The summed E-state index contributed by atoms with van der Waals surface area (Å²) in [6.45, 7) is 0.739. The van der Waals surface area contributed by atoms with Crippen LogP contribution in [0.3, 0.4) is 0 Å².